The van der Waals surface area contributed by atoms with Gasteiger partial charge >= 0.3 is 0 Å². The van der Waals surface area contributed by atoms with Crippen LogP contribution in [0, 0.1) is 11.3 Å². The second-order valence-corrected chi connectivity index (χ2v) is 6.57. The average Bonchev–Trinajstić information content (AvgIpc) is 2.91. The smallest absolute Gasteiger partial charge is 0.107 e. The van der Waals surface area contributed by atoms with Crippen molar-refractivity contribution in [2.24, 2.45) is 0 Å². The van der Waals surface area contributed by atoms with E-state index in [1.165, 1.54) is 5.56 Å². The fraction of sp³-hybridized carbons (Fsp3) is 0.286. The lowest BCUT2D eigenvalue weighted by molar-refractivity contribution is 0.701. The Bertz CT molecular complexity index is 622. The van der Waals surface area contributed by atoms with Crippen LogP contribution in [0.2, 0.25) is 0 Å². The Morgan fingerprint density at radius 3 is 2.94 bits per heavy atom. The Balaban J connectivity index is 2.14. The lowest BCUT2D eigenvalue weighted by Crippen LogP contribution is -2.09. The third-order valence-electron chi connectivity index (χ3n) is 3.23. The molecular formula is C14H13N3S. The van der Waals surface area contributed by atoms with Gasteiger partial charge in [0.05, 0.1) is 16.0 Å². The molecule has 2 aromatic heterocycles. The first-order valence-corrected chi connectivity index (χ1v) is 6.70. The summed E-state index contributed by atoms with van der Waals surface area (Å²) >= 11 is 1.86. The number of nitrogens with zero attached hydrogens (tertiary/aromatic N) is 3. The summed E-state index contributed by atoms with van der Waals surface area (Å²) in [6.45, 7) is 4.33. The standard InChI is InChI=1S/C14H13N3S/c1-14(2)12-10(8-15)5-7-17(12)13(18-14)11-4-3-6-16-9-11/h3-7,9,13H,1-2H3. The van der Waals surface area contributed by atoms with Gasteiger partial charge in [-0.3, -0.25) is 4.98 Å². The summed E-state index contributed by atoms with van der Waals surface area (Å²) in [5, 5.41) is 9.41. The first kappa shape index (κ1) is 11.4. The zero-order chi connectivity index (χ0) is 12.8. The number of hydrogen-bond acceptors (Lipinski definition) is 3. The van der Waals surface area contributed by atoms with Gasteiger partial charge < -0.3 is 4.57 Å². The number of rotatable bonds is 1. The molecule has 3 nitrogen and oxygen atoms in total. The van der Waals surface area contributed by atoms with Crippen LogP contribution in [0.3, 0.4) is 0 Å². The van der Waals surface area contributed by atoms with Crippen molar-refractivity contribution in [3.63, 3.8) is 0 Å². The molecule has 90 valence electrons. The molecule has 3 rings (SSSR count). The highest BCUT2D eigenvalue weighted by Crippen LogP contribution is 2.53. The van der Waals surface area contributed by atoms with Gasteiger partial charge in [0.2, 0.25) is 0 Å². The van der Waals surface area contributed by atoms with E-state index in [-0.39, 0.29) is 10.1 Å². The molecule has 1 unspecified atom stereocenters. The third kappa shape index (κ3) is 1.55. The molecule has 0 spiro atoms. The zero-order valence-corrected chi connectivity index (χ0v) is 11.1. The number of aromatic nitrogens is 2. The normalized spacial score (nSPS) is 20.4. The van der Waals surface area contributed by atoms with Gasteiger partial charge in [-0.25, -0.2) is 0 Å². The molecule has 0 bridgehead atoms. The first-order chi connectivity index (χ1) is 8.63. The Labute approximate surface area is 110 Å². The van der Waals surface area contributed by atoms with Gasteiger partial charge in [-0.15, -0.1) is 11.8 Å². The molecule has 0 aromatic carbocycles. The summed E-state index contributed by atoms with van der Waals surface area (Å²) in [6, 6.07) is 8.23. The molecule has 4 heteroatoms. The minimum Gasteiger partial charge on any atom is -0.332 e. The first-order valence-electron chi connectivity index (χ1n) is 5.82. The minimum absolute atomic E-state index is 0.0466. The Morgan fingerprint density at radius 1 is 1.44 bits per heavy atom. The predicted octanol–water partition coefficient (Wildman–Crippen LogP) is 3.28. The van der Waals surface area contributed by atoms with E-state index in [4.69, 9.17) is 0 Å². The largest absolute Gasteiger partial charge is 0.332 e. The van der Waals surface area contributed by atoms with Crippen LogP contribution < -0.4 is 0 Å². The van der Waals surface area contributed by atoms with Crippen LogP contribution in [0.5, 0.6) is 0 Å². The summed E-state index contributed by atoms with van der Waals surface area (Å²) < 4.78 is 2.15. The van der Waals surface area contributed by atoms with Gasteiger partial charge in [0, 0.05) is 24.2 Å². The Hall–Kier alpha value is -1.73. The van der Waals surface area contributed by atoms with Gasteiger partial charge in [-0.05, 0) is 26.0 Å². The number of thioether (sulfide) groups is 1. The van der Waals surface area contributed by atoms with Crippen LogP contribution in [-0.2, 0) is 4.75 Å². The van der Waals surface area contributed by atoms with E-state index in [1.807, 2.05) is 36.3 Å². The molecule has 0 N–H and O–H groups in total. The Morgan fingerprint density at radius 2 is 2.28 bits per heavy atom. The number of pyridine rings is 1. The van der Waals surface area contributed by atoms with E-state index in [0.29, 0.717) is 0 Å². The van der Waals surface area contributed by atoms with E-state index < -0.39 is 0 Å². The van der Waals surface area contributed by atoms with E-state index in [1.54, 1.807) is 6.20 Å². The fourth-order valence-corrected chi connectivity index (χ4v) is 3.96. The van der Waals surface area contributed by atoms with Gasteiger partial charge in [0.25, 0.3) is 0 Å². The molecule has 0 saturated carbocycles. The van der Waals surface area contributed by atoms with Crippen LogP contribution in [0.4, 0.5) is 0 Å². The lowest BCUT2D eigenvalue weighted by Gasteiger charge is -2.17. The molecule has 0 fully saturated rings. The SMILES string of the molecule is CC1(C)SC(c2cccnc2)n2ccc(C#N)c21. The van der Waals surface area contributed by atoms with Crippen LogP contribution in [-0.4, -0.2) is 9.55 Å². The van der Waals surface area contributed by atoms with Crippen LogP contribution >= 0.6 is 11.8 Å². The highest BCUT2D eigenvalue weighted by Gasteiger charge is 2.40. The second-order valence-electron chi connectivity index (χ2n) is 4.86. The molecular weight excluding hydrogens is 242 g/mol. The summed E-state index contributed by atoms with van der Waals surface area (Å²) in [5.74, 6) is 0. The van der Waals surface area contributed by atoms with Crippen molar-refractivity contribution >= 4 is 11.8 Å². The van der Waals surface area contributed by atoms with Crippen molar-refractivity contribution in [3.05, 3.63) is 53.6 Å². The molecule has 0 radical (unpaired) electrons. The van der Waals surface area contributed by atoms with Crippen molar-refractivity contribution in [1.29, 1.82) is 5.26 Å². The number of hydrogen-bond donors (Lipinski definition) is 0. The number of nitriles is 1. The third-order valence-corrected chi connectivity index (χ3v) is 4.74. The summed E-state index contributed by atoms with van der Waals surface area (Å²) in [7, 11) is 0. The van der Waals surface area contributed by atoms with Crippen molar-refractivity contribution in [2.45, 2.75) is 24.0 Å². The highest BCUT2D eigenvalue weighted by atomic mass is 32.2. The Kier molecular flexibility index (Phi) is 2.46. The molecule has 0 amide bonds. The van der Waals surface area contributed by atoms with Gasteiger partial charge in [0.15, 0.2) is 0 Å². The quantitative estimate of drug-likeness (QED) is 0.785. The zero-order valence-electron chi connectivity index (χ0n) is 10.3. The summed E-state index contributed by atoms with van der Waals surface area (Å²) in [4.78, 5) is 4.19. The van der Waals surface area contributed by atoms with Crippen LogP contribution in [0.25, 0.3) is 0 Å². The second kappa shape index (κ2) is 3.89. The maximum Gasteiger partial charge on any atom is 0.107 e. The van der Waals surface area contributed by atoms with E-state index >= 15 is 0 Å². The highest BCUT2D eigenvalue weighted by molar-refractivity contribution is 8.00. The lowest BCUT2D eigenvalue weighted by atomic mass is 10.1. The van der Waals surface area contributed by atoms with Crippen molar-refractivity contribution in [3.8, 4) is 6.07 Å². The van der Waals surface area contributed by atoms with Crippen molar-refractivity contribution in [2.75, 3.05) is 0 Å². The molecule has 0 saturated heterocycles. The summed E-state index contributed by atoms with van der Waals surface area (Å²) in [6.07, 6.45) is 5.69. The van der Waals surface area contributed by atoms with Crippen molar-refractivity contribution < 1.29 is 0 Å². The van der Waals surface area contributed by atoms with Crippen LogP contribution in [0.15, 0.2) is 36.8 Å². The summed E-state index contributed by atoms with van der Waals surface area (Å²) in [5.41, 5.74) is 3.07. The van der Waals surface area contributed by atoms with Gasteiger partial charge in [-0.1, -0.05) is 6.07 Å². The van der Waals surface area contributed by atoms with Gasteiger partial charge in [-0.2, -0.15) is 5.26 Å². The monoisotopic (exact) mass is 255 g/mol. The van der Waals surface area contributed by atoms with E-state index in [2.05, 4.69) is 35.5 Å². The minimum atomic E-state index is -0.0466. The predicted molar refractivity (Wildman–Crippen MR) is 72.1 cm³/mol. The number of fused-ring (bicyclic) bond motifs is 1. The average molecular weight is 255 g/mol. The topological polar surface area (TPSA) is 41.6 Å². The van der Waals surface area contributed by atoms with Crippen molar-refractivity contribution in [1.82, 2.24) is 9.55 Å². The molecule has 18 heavy (non-hydrogen) atoms. The maximum absolute atomic E-state index is 9.19. The van der Waals surface area contributed by atoms with Crippen LogP contribution in [0.1, 0.15) is 36.0 Å². The molecule has 3 heterocycles. The van der Waals surface area contributed by atoms with E-state index in [0.717, 1.165) is 11.3 Å². The molecule has 1 aliphatic rings. The molecule has 2 aromatic rings. The fourth-order valence-electron chi connectivity index (χ4n) is 2.51. The molecule has 0 aliphatic carbocycles. The maximum atomic E-state index is 9.19. The van der Waals surface area contributed by atoms with Gasteiger partial charge in [0.1, 0.15) is 11.4 Å². The molecule has 1 atom stereocenters. The molecule has 1 aliphatic heterocycles. The van der Waals surface area contributed by atoms with E-state index in [9.17, 15) is 5.26 Å².